The van der Waals surface area contributed by atoms with Crippen LogP contribution in [0.2, 0.25) is 5.15 Å². The van der Waals surface area contributed by atoms with Crippen molar-refractivity contribution in [1.29, 1.82) is 0 Å². The lowest BCUT2D eigenvalue weighted by atomic mass is 10.1. The van der Waals surface area contributed by atoms with Gasteiger partial charge in [0, 0.05) is 0 Å². The van der Waals surface area contributed by atoms with Crippen LogP contribution in [0.25, 0.3) is 5.65 Å². The first-order chi connectivity index (χ1) is 10.7. The van der Waals surface area contributed by atoms with Crippen molar-refractivity contribution in [2.75, 3.05) is 0 Å². The molecule has 5 nitrogen and oxygen atoms in total. The molecule has 1 saturated carbocycles. The fraction of sp³-hybridized carbons (Fsp3) is 0.438. The summed E-state index contributed by atoms with van der Waals surface area (Å²) < 4.78 is 20.0. The zero-order chi connectivity index (χ0) is 16.9. The molecule has 0 amide bonds. The van der Waals surface area contributed by atoms with Crippen molar-refractivity contribution in [3.05, 3.63) is 44.7 Å². The number of nitrogens with zero attached hydrogens (tertiary/aromatic N) is 2. The number of rotatable bonds is 2. The van der Waals surface area contributed by atoms with Crippen molar-refractivity contribution >= 4 is 23.2 Å². The smallest absolute Gasteiger partial charge is 0.344 e. The zero-order valence-electron chi connectivity index (χ0n) is 13.0. The summed E-state index contributed by atoms with van der Waals surface area (Å²) in [5.41, 5.74) is -0.514. The topological polar surface area (TPSA) is 60.7 Å². The predicted molar refractivity (Wildman–Crippen MR) is 83.6 cm³/mol. The molecule has 0 aromatic carbocycles. The minimum absolute atomic E-state index is 0.122. The average Bonchev–Trinajstić information content (AvgIpc) is 3.24. The van der Waals surface area contributed by atoms with Gasteiger partial charge in [-0.15, -0.1) is 0 Å². The summed E-state index contributed by atoms with van der Waals surface area (Å²) in [4.78, 5) is 28.8. The Morgan fingerprint density at radius 2 is 2.09 bits per heavy atom. The van der Waals surface area contributed by atoms with Crippen molar-refractivity contribution in [2.24, 2.45) is 0 Å². The van der Waals surface area contributed by atoms with Gasteiger partial charge in [0.2, 0.25) is 0 Å². The molecule has 2 aromatic rings. The lowest BCUT2D eigenvalue weighted by molar-refractivity contribution is 0.00672. The van der Waals surface area contributed by atoms with Gasteiger partial charge in [0.25, 0.3) is 5.56 Å². The van der Waals surface area contributed by atoms with Crippen molar-refractivity contribution < 1.29 is 13.9 Å². The number of ether oxygens (including phenoxy) is 1. The van der Waals surface area contributed by atoms with Crippen LogP contribution in [0, 0.1) is 5.82 Å². The van der Waals surface area contributed by atoms with Crippen molar-refractivity contribution in [1.82, 2.24) is 9.38 Å². The molecule has 1 fully saturated rings. The molecule has 0 saturated heterocycles. The standard InChI is InChI=1S/C16H16ClFN2O3/c1-16(2,3)23-15(22)10-6-9(8-4-5-8)13-19-12(17)11(18)7-20(13)14(10)21/h6-8H,4-5H2,1-3H3. The second-order valence-electron chi connectivity index (χ2n) is 6.67. The van der Waals surface area contributed by atoms with E-state index < -0.39 is 22.9 Å². The summed E-state index contributed by atoms with van der Waals surface area (Å²) >= 11 is 5.73. The van der Waals surface area contributed by atoms with Gasteiger partial charge in [0.1, 0.15) is 16.8 Å². The Balaban J connectivity index is 2.24. The van der Waals surface area contributed by atoms with Gasteiger partial charge >= 0.3 is 5.97 Å². The molecule has 0 N–H and O–H groups in total. The number of carbonyl (C=O) groups is 1. The highest BCUT2D eigenvalue weighted by molar-refractivity contribution is 6.29. The third-order valence-corrected chi connectivity index (χ3v) is 3.78. The number of hydrogen-bond acceptors (Lipinski definition) is 4. The molecular formula is C16H16ClFN2O3. The number of pyridine rings is 1. The molecule has 0 bridgehead atoms. The largest absolute Gasteiger partial charge is 0.456 e. The molecule has 0 atom stereocenters. The van der Waals surface area contributed by atoms with Crippen LogP contribution in [0.5, 0.6) is 0 Å². The van der Waals surface area contributed by atoms with Crippen molar-refractivity contribution in [2.45, 2.75) is 45.1 Å². The van der Waals surface area contributed by atoms with Gasteiger partial charge in [0.05, 0.1) is 6.20 Å². The molecule has 2 aromatic heterocycles. The molecule has 1 aliphatic carbocycles. The Kier molecular flexibility index (Phi) is 3.67. The number of halogens is 2. The van der Waals surface area contributed by atoms with E-state index in [0.717, 1.165) is 23.4 Å². The van der Waals surface area contributed by atoms with Crippen LogP contribution in [0.1, 0.15) is 55.5 Å². The van der Waals surface area contributed by atoms with Crippen LogP contribution < -0.4 is 5.56 Å². The molecular weight excluding hydrogens is 323 g/mol. The van der Waals surface area contributed by atoms with E-state index in [1.807, 2.05) is 0 Å². The Morgan fingerprint density at radius 1 is 1.43 bits per heavy atom. The van der Waals surface area contributed by atoms with Crippen molar-refractivity contribution in [3.8, 4) is 0 Å². The molecule has 0 unspecified atom stereocenters. The van der Waals surface area contributed by atoms with Gasteiger partial charge in [0.15, 0.2) is 11.0 Å². The summed E-state index contributed by atoms with van der Waals surface area (Å²) in [6.07, 6.45) is 2.82. The normalized spacial score (nSPS) is 15.0. The summed E-state index contributed by atoms with van der Waals surface area (Å²) in [5.74, 6) is -1.35. The third-order valence-electron chi connectivity index (χ3n) is 3.51. The number of carbonyl (C=O) groups excluding carboxylic acids is 1. The van der Waals surface area contributed by atoms with E-state index in [-0.39, 0.29) is 22.3 Å². The summed E-state index contributed by atoms with van der Waals surface area (Å²) in [6.45, 7) is 5.14. The fourth-order valence-electron chi connectivity index (χ4n) is 2.37. The highest BCUT2D eigenvalue weighted by atomic mass is 35.5. The van der Waals surface area contributed by atoms with Crippen molar-refractivity contribution in [3.63, 3.8) is 0 Å². The number of fused-ring (bicyclic) bond motifs is 1. The van der Waals surface area contributed by atoms with Crippen LogP contribution in [0.3, 0.4) is 0 Å². The number of aromatic nitrogens is 2. The van der Waals surface area contributed by atoms with Gasteiger partial charge in [-0.25, -0.2) is 14.2 Å². The molecule has 3 rings (SSSR count). The lowest BCUT2D eigenvalue weighted by Gasteiger charge is -2.19. The highest BCUT2D eigenvalue weighted by Gasteiger charge is 2.30. The summed E-state index contributed by atoms with van der Waals surface area (Å²) in [7, 11) is 0. The van der Waals surface area contributed by atoms with E-state index in [0.29, 0.717) is 5.56 Å². The first kappa shape index (κ1) is 15.9. The van der Waals surface area contributed by atoms with Gasteiger partial charge < -0.3 is 4.74 Å². The molecule has 2 heterocycles. The maximum atomic E-state index is 13.7. The number of hydrogen-bond donors (Lipinski definition) is 0. The average molecular weight is 339 g/mol. The molecule has 0 radical (unpaired) electrons. The molecule has 122 valence electrons. The van der Waals surface area contributed by atoms with E-state index >= 15 is 0 Å². The van der Waals surface area contributed by atoms with Crippen LogP contribution >= 0.6 is 11.6 Å². The Bertz CT molecular complexity index is 866. The molecule has 0 aliphatic heterocycles. The monoisotopic (exact) mass is 338 g/mol. The second-order valence-corrected chi connectivity index (χ2v) is 7.03. The second kappa shape index (κ2) is 5.30. The summed E-state index contributed by atoms with van der Waals surface area (Å²) in [6, 6.07) is 1.50. The minimum atomic E-state index is -0.815. The highest BCUT2D eigenvalue weighted by Crippen LogP contribution is 2.41. The van der Waals surface area contributed by atoms with E-state index in [2.05, 4.69) is 4.98 Å². The van der Waals surface area contributed by atoms with Gasteiger partial charge in [-0.2, -0.15) is 0 Å². The molecule has 23 heavy (non-hydrogen) atoms. The van der Waals surface area contributed by atoms with E-state index in [1.165, 1.54) is 6.07 Å². The molecule has 0 spiro atoms. The molecule has 7 heteroatoms. The van der Waals surface area contributed by atoms with E-state index in [4.69, 9.17) is 16.3 Å². The SMILES string of the molecule is CC(C)(C)OC(=O)c1cc(C2CC2)c2nc(Cl)c(F)cn2c1=O. The van der Waals surface area contributed by atoms with Crippen LogP contribution in [-0.4, -0.2) is 21.0 Å². The van der Waals surface area contributed by atoms with Crippen LogP contribution in [-0.2, 0) is 4.74 Å². The predicted octanol–water partition coefficient (Wildman–Crippen LogP) is 3.32. The van der Waals surface area contributed by atoms with Crippen LogP contribution in [0.15, 0.2) is 17.1 Å². The van der Waals surface area contributed by atoms with Gasteiger partial charge in [-0.3, -0.25) is 9.20 Å². The maximum absolute atomic E-state index is 13.7. The quantitative estimate of drug-likeness (QED) is 0.622. The third kappa shape index (κ3) is 3.08. The van der Waals surface area contributed by atoms with Gasteiger partial charge in [-0.1, -0.05) is 11.6 Å². The Morgan fingerprint density at radius 3 is 2.65 bits per heavy atom. The fourth-order valence-corrected chi connectivity index (χ4v) is 2.50. The van der Waals surface area contributed by atoms with E-state index in [9.17, 15) is 14.0 Å². The number of esters is 1. The summed E-state index contributed by atoms with van der Waals surface area (Å²) in [5, 5.41) is -0.295. The first-order valence-electron chi connectivity index (χ1n) is 7.32. The van der Waals surface area contributed by atoms with E-state index in [1.54, 1.807) is 20.8 Å². The lowest BCUT2D eigenvalue weighted by Crippen LogP contribution is -2.30. The van der Waals surface area contributed by atoms with Gasteiger partial charge in [-0.05, 0) is 51.2 Å². The first-order valence-corrected chi connectivity index (χ1v) is 7.70. The van der Waals surface area contributed by atoms with Crippen LogP contribution in [0.4, 0.5) is 4.39 Å². The zero-order valence-corrected chi connectivity index (χ0v) is 13.8. The Hall–Kier alpha value is -1.95. The Labute approximate surface area is 137 Å². The minimum Gasteiger partial charge on any atom is -0.456 e. The maximum Gasteiger partial charge on any atom is 0.344 e. The molecule has 1 aliphatic rings.